The first-order valence-electron chi connectivity index (χ1n) is 4.93. The second-order valence-electron chi connectivity index (χ2n) is 3.46. The van der Waals surface area contributed by atoms with Gasteiger partial charge in [0.2, 0.25) is 6.54 Å². The Morgan fingerprint density at radius 1 is 1.28 bits per heavy atom. The van der Waals surface area contributed by atoms with Crippen LogP contribution in [0, 0.1) is 20.2 Å². The number of hydrogen-bond acceptors (Lipinski definition) is 6. The smallest absolute Gasteiger partial charge is 0.303 e. The molecule has 0 N–H and O–H groups in total. The summed E-state index contributed by atoms with van der Waals surface area (Å²) < 4.78 is 4.80. The molecule has 96 valence electrons. The molecule has 0 fully saturated rings. The standard InChI is InChI=1S/C10H10N2O6/c1-7(13)18-10(6-11(14)15)8-2-4-9(5-3-8)12(16)17/h2-5,10H,6H2,1H3/t10-/m0/s1. The second kappa shape index (κ2) is 5.71. The normalized spacial score (nSPS) is 11.6. The summed E-state index contributed by atoms with van der Waals surface area (Å²) in [7, 11) is 0. The molecule has 0 aliphatic rings. The van der Waals surface area contributed by atoms with E-state index in [-0.39, 0.29) is 5.69 Å². The van der Waals surface area contributed by atoms with Crippen molar-refractivity contribution >= 4 is 11.7 Å². The molecule has 8 nitrogen and oxygen atoms in total. The summed E-state index contributed by atoms with van der Waals surface area (Å²) >= 11 is 0. The molecule has 0 radical (unpaired) electrons. The van der Waals surface area contributed by atoms with Gasteiger partial charge in [-0.1, -0.05) is 0 Å². The van der Waals surface area contributed by atoms with E-state index in [0.29, 0.717) is 5.56 Å². The lowest BCUT2D eigenvalue weighted by molar-refractivity contribution is -0.491. The zero-order valence-electron chi connectivity index (χ0n) is 9.44. The van der Waals surface area contributed by atoms with Crippen LogP contribution < -0.4 is 0 Å². The van der Waals surface area contributed by atoms with Crippen LogP contribution in [-0.2, 0) is 9.53 Å². The van der Waals surface area contributed by atoms with E-state index in [1.165, 1.54) is 24.3 Å². The first-order chi connectivity index (χ1) is 8.40. The number of ether oxygens (including phenoxy) is 1. The highest BCUT2D eigenvalue weighted by Crippen LogP contribution is 2.21. The number of nitro benzene ring substituents is 1. The summed E-state index contributed by atoms with van der Waals surface area (Å²) in [5, 5.41) is 20.9. The van der Waals surface area contributed by atoms with E-state index in [9.17, 15) is 25.0 Å². The van der Waals surface area contributed by atoms with Crippen LogP contribution in [0.25, 0.3) is 0 Å². The number of carbonyl (C=O) groups excluding carboxylic acids is 1. The fourth-order valence-electron chi connectivity index (χ4n) is 1.36. The number of carbonyl (C=O) groups is 1. The van der Waals surface area contributed by atoms with Gasteiger partial charge in [-0.3, -0.25) is 25.0 Å². The Morgan fingerprint density at radius 3 is 2.22 bits per heavy atom. The highest BCUT2D eigenvalue weighted by atomic mass is 16.6. The molecule has 1 rings (SSSR count). The molecule has 1 aromatic rings. The number of benzene rings is 1. The van der Waals surface area contributed by atoms with E-state index in [2.05, 4.69) is 0 Å². The number of non-ortho nitro benzene ring substituents is 1. The molecular formula is C10H10N2O6. The lowest BCUT2D eigenvalue weighted by Gasteiger charge is -2.12. The van der Waals surface area contributed by atoms with E-state index >= 15 is 0 Å². The molecule has 0 saturated heterocycles. The van der Waals surface area contributed by atoms with Crippen molar-refractivity contribution in [2.24, 2.45) is 0 Å². The van der Waals surface area contributed by atoms with Gasteiger partial charge in [-0.05, 0) is 17.7 Å². The van der Waals surface area contributed by atoms with Crippen LogP contribution in [-0.4, -0.2) is 22.4 Å². The minimum Gasteiger partial charge on any atom is -0.451 e. The lowest BCUT2D eigenvalue weighted by atomic mass is 10.1. The maximum atomic E-state index is 10.8. The minimum atomic E-state index is -1.04. The molecule has 1 atom stereocenters. The number of rotatable bonds is 5. The van der Waals surface area contributed by atoms with E-state index in [0.717, 1.165) is 6.92 Å². The Balaban J connectivity index is 2.93. The van der Waals surface area contributed by atoms with Crippen LogP contribution in [0.4, 0.5) is 5.69 Å². The molecule has 0 saturated carbocycles. The van der Waals surface area contributed by atoms with Gasteiger partial charge in [0, 0.05) is 24.0 Å². The van der Waals surface area contributed by atoms with E-state index in [1.54, 1.807) is 0 Å². The van der Waals surface area contributed by atoms with Crippen molar-refractivity contribution < 1.29 is 19.4 Å². The third kappa shape index (κ3) is 3.81. The zero-order valence-corrected chi connectivity index (χ0v) is 9.44. The molecule has 0 aliphatic heterocycles. The Kier molecular flexibility index (Phi) is 4.30. The van der Waals surface area contributed by atoms with Gasteiger partial charge in [0.05, 0.1) is 4.92 Å². The SMILES string of the molecule is CC(=O)O[C@@H](C[N+](=O)[O-])c1ccc([N+](=O)[O-])cc1. The largest absolute Gasteiger partial charge is 0.451 e. The van der Waals surface area contributed by atoms with Crippen LogP contribution in [0.3, 0.4) is 0 Å². The van der Waals surface area contributed by atoms with E-state index < -0.39 is 28.5 Å². The Hall–Kier alpha value is -2.51. The van der Waals surface area contributed by atoms with Gasteiger partial charge in [-0.25, -0.2) is 0 Å². The van der Waals surface area contributed by atoms with Gasteiger partial charge in [-0.15, -0.1) is 0 Å². The Bertz CT molecular complexity index is 454. The molecule has 0 heterocycles. The highest BCUT2D eigenvalue weighted by Gasteiger charge is 2.21. The Morgan fingerprint density at radius 2 is 1.83 bits per heavy atom. The van der Waals surface area contributed by atoms with Gasteiger partial charge >= 0.3 is 5.97 Å². The van der Waals surface area contributed by atoms with E-state index in [1.807, 2.05) is 0 Å². The summed E-state index contributed by atoms with van der Waals surface area (Å²) in [6, 6.07) is 5.06. The second-order valence-corrected chi connectivity index (χ2v) is 3.46. The maximum absolute atomic E-state index is 10.8. The first-order valence-corrected chi connectivity index (χ1v) is 4.93. The molecular weight excluding hydrogens is 244 g/mol. The molecule has 0 amide bonds. The molecule has 8 heteroatoms. The number of esters is 1. The van der Waals surface area contributed by atoms with Crippen molar-refractivity contribution in [1.29, 1.82) is 0 Å². The monoisotopic (exact) mass is 254 g/mol. The van der Waals surface area contributed by atoms with Crippen LogP contribution in [0.15, 0.2) is 24.3 Å². The molecule has 18 heavy (non-hydrogen) atoms. The number of nitrogens with zero attached hydrogens (tertiary/aromatic N) is 2. The summed E-state index contributed by atoms with van der Waals surface area (Å²) in [5.74, 6) is -0.653. The topological polar surface area (TPSA) is 113 Å². The third-order valence-electron chi connectivity index (χ3n) is 2.10. The van der Waals surface area contributed by atoms with Crippen molar-refractivity contribution in [3.05, 3.63) is 50.1 Å². The summed E-state index contributed by atoms with van der Waals surface area (Å²) in [4.78, 5) is 30.5. The number of hydrogen-bond donors (Lipinski definition) is 0. The molecule has 0 unspecified atom stereocenters. The quantitative estimate of drug-likeness (QED) is 0.446. The van der Waals surface area contributed by atoms with Gasteiger partial charge < -0.3 is 4.74 Å². The lowest BCUT2D eigenvalue weighted by Crippen LogP contribution is -2.18. The van der Waals surface area contributed by atoms with Gasteiger partial charge in [0.1, 0.15) is 0 Å². The summed E-state index contributed by atoms with van der Waals surface area (Å²) in [6.45, 7) is 0.551. The van der Waals surface area contributed by atoms with Crippen molar-refractivity contribution in [3.8, 4) is 0 Å². The predicted molar refractivity (Wildman–Crippen MR) is 59.5 cm³/mol. The fourth-order valence-corrected chi connectivity index (χ4v) is 1.36. The van der Waals surface area contributed by atoms with Crippen LogP contribution >= 0.6 is 0 Å². The zero-order chi connectivity index (χ0) is 13.7. The van der Waals surface area contributed by atoms with Gasteiger partial charge in [-0.2, -0.15) is 0 Å². The number of nitro groups is 2. The van der Waals surface area contributed by atoms with Crippen LogP contribution in [0.2, 0.25) is 0 Å². The van der Waals surface area contributed by atoms with Crippen molar-refractivity contribution in [3.63, 3.8) is 0 Å². The van der Waals surface area contributed by atoms with Crippen LogP contribution in [0.1, 0.15) is 18.6 Å². The summed E-state index contributed by atoms with van der Waals surface area (Å²) in [5.41, 5.74) is 0.203. The van der Waals surface area contributed by atoms with E-state index in [4.69, 9.17) is 4.74 Å². The fraction of sp³-hybridized carbons (Fsp3) is 0.300. The average molecular weight is 254 g/mol. The molecule has 0 bridgehead atoms. The van der Waals surface area contributed by atoms with Crippen LogP contribution in [0.5, 0.6) is 0 Å². The highest BCUT2D eigenvalue weighted by molar-refractivity contribution is 5.66. The molecule has 0 aliphatic carbocycles. The molecule has 1 aromatic carbocycles. The van der Waals surface area contributed by atoms with Gasteiger partial charge in [0.15, 0.2) is 6.10 Å². The maximum Gasteiger partial charge on any atom is 0.303 e. The van der Waals surface area contributed by atoms with Crippen molar-refractivity contribution in [2.45, 2.75) is 13.0 Å². The minimum absolute atomic E-state index is 0.138. The summed E-state index contributed by atoms with van der Waals surface area (Å²) in [6.07, 6.45) is -1.04. The predicted octanol–water partition coefficient (Wildman–Crippen LogP) is 1.48. The molecule has 0 aromatic heterocycles. The Labute approximate surface area is 101 Å². The van der Waals surface area contributed by atoms with Crippen molar-refractivity contribution in [1.82, 2.24) is 0 Å². The molecule has 0 spiro atoms. The average Bonchev–Trinajstić information content (AvgIpc) is 2.27. The third-order valence-corrected chi connectivity index (χ3v) is 2.10. The van der Waals surface area contributed by atoms with Gasteiger partial charge in [0.25, 0.3) is 5.69 Å². The van der Waals surface area contributed by atoms with Crippen molar-refractivity contribution in [2.75, 3.05) is 6.54 Å². The first kappa shape index (κ1) is 13.6.